The van der Waals surface area contributed by atoms with Crippen LogP contribution < -0.4 is 4.74 Å². The van der Waals surface area contributed by atoms with E-state index in [1.54, 1.807) is 19.6 Å². The van der Waals surface area contributed by atoms with Crippen molar-refractivity contribution in [1.29, 1.82) is 0 Å². The van der Waals surface area contributed by atoms with Gasteiger partial charge in [-0.3, -0.25) is 0 Å². The second-order valence-corrected chi connectivity index (χ2v) is 2.62. The number of fused-ring (bicyclic) bond motifs is 1. The lowest BCUT2D eigenvalue weighted by atomic mass is 10.2. The molecule has 64 valence electrons. The number of imidazole rings is 1. The van der Waals surface area contributed by atoms with Crippen LogP contribution in [0.5, 0.6) is 5.75 Å². The fourth-order valence-electron chi connectivity index (χ4n) is 1.23. The van der Waals surface area contributed by atoms with Crippen molar-refractivity contribution < 1.29 is 4.74 Å². The monoisotopic (exact) mass is 172 g/mol. The highest BCUT2D eigenvalue weighted by Crippen LogP contribution is 2.17. The summed E-state index contributed by atoms with van der Waals surface area (Å²) >= 11 is 0. The molecule has 0 aliphatic carbocycles. The van der Waals surface area contributed by atoms with Crippen LogP contribution in [0.4, 0.5) is 0 Å². The van der Waals surface area contributed by atoms with Gasteiger partial charge in [-0.25, -0.2) is 4.98 Å². The van der Waals surface area contributed by atoms with Crippen molar-refractivity contribution >= 4 is 5.52 Å². The SMILES string of the molecule is C#Cc1cc(OC)cn2cncc12. The van der Waals surface area contributed by atoms with E-state index in [1.165, 1.54) is 0 Å². The second-order valence-electron chi connectivity index (χ2n) is 2.62. The number of terminal acetylenes is 1. The summed E-state index contributed by atoms with van der Waals surface area (Å²) in [4.78, 5) is 4.00. The van der Waals surface area contributed by atoms with Crippen LogP contribution in [0.15, 0.2) is 24.8 Å². The summed E-state index contributed by atoms with van der Waals surface area (Å²) in [6.45, 7) is 0. The maximum absolute atomic E-state index is 5.35. The van der Waals surface area contributed by atoms with E-state index in [9.17, 15) is 0 Å². The van der Waals surface area contributed by atoms with Crippen LogP contribution in [0.1, 0.15) is 5.56 Å². The molecule has 3 nitrogen and oxygen atoms in total. The van der Waals surface area contributed by atoms with Crippen LogP contribution >= 0.6 is 0 Å². The minimum atomic E-state index is 0.735. The number of aromatic nitrogens is 2. The summed E-state index contributed by atoms with van der Waals surface area (Å²) in [7, 11) is 1.61. The van der Waals surface area contributed by atoms with Gasteiger partial charge in [0.2, 0.25) is 0 Å². The Morgan fingerprint density at radius 1 is 1.62 bits per heavy atom. The van der Waals surface area contributed by atoms with Crippen LogP contribution in [0.3, 0.4) is 0 Å². The van der Waals surface area contributed by atoms with Gasteiger partial charge in [0, 0.05) is 0 Å². The van der Waals surface area contributed by atoms with E-state index in [0.717, 1.165) is 16.8 Å². The molecule has 3 heteroatoms. The summed E-state index contributed by atoms with van der Waals surface area (Å²) in [5.74, 6) is 3.32. The Hall–Kier alpha value is -1.95. The van der Waals surface area contributed by atoms with Crippen molar-refractivity contribution in [2.75, 3.05) is 7.11 Å². The minimum Gasteiger partial charge on any atom is -0.495 e. The Labute approximate surface area is 76.0 Å². The largest absolute Gasteiger partial charge is 0.495 e. The van der Waals surface area contributed by atoms with Crippen LogP contribution in [-0.4, -0.2) is 16.5 Å². The summed E-state index contributed by atoms with van der Waals surface area (Å²) in [6, 6.07) is 1.82. The number of rotatable bonds is 1. The van der Waals surface area contributed by atoms with E-state index in [1.807, 2.05) is 16.7 Å². The van der Waals surface area contributed by atoms with E-state index in [0.29, 0.717) is 0 Å². The lowest BCUT2D eigenvalue weighted by Crippen LogP contribution is -1.90. The number of ether oxygens (including phenoxy) is 1. The van der Waals surface area contributed by atoms with Crippen molar-refractivity contribution in [2.24, 2.45) is 0 Å². The smallest absolute Gasteiger partial charge is 0.136 e. The average Bonchev–Trinajstić information content (AvgIpc) is 2.63. The summed E-state index contributed by atoms with van der Waals surface area (Å²) in [5, 5.41) is 0. The number of pyridine rings is 1. The minimum absolute atomic E-state index is 0.735. The molecule has 2 rings (SSSR count). The van der Waals surface area contributed by atoms with Gasteiger partial charge in [-0.2, -0.15) is 0 Å². The van der Waals surface area contributed by atoms with Gasteiger partial charge in [0.05, 0.1) is 36.9 Å². The quantitative estimate of drug-likeness (QED) is 0.606. The number of nitrogens with zero attached hydrogens (tertiary/aromatic N) is 2. The average molecular weight is 172 g/mol. The normalized spacial score (nSPS) is 9.85. The number of hydrogen-bond donors (Lipinski definition) is 0. The highest BCUT2D eigenvalue weighted by Gasteiger charge is 2.01. The van der Waals surface area contributed by atoms with Gasteiger partial charge in [0.15, 0.2) is 0 Å². The van der Waals surface area contributed by atoms with Crippen molar-refractivity contribution in [3.05, 3.63) is 30.4 Å². The van der Waals surface area contributed by atoms with Crippen molar-refractivity contribution in [3.8, 4) is 18.1 Å². The van der Waals surface area contributed by atoms with Gasteiger partial charge in [0.1, 0.15) is 5.75 Å². The molecule has 0 aliphatic heterocycles. The molecule has 0 saturated heterocycles. The lowest BCUT2D eigenvalue weighted by Gasteiger charge is -2.02. The van der Waals surface area contributed by atoms with E-state index in [4.69, 9.17) is 11.2 Å². The summed E-state index contributed by atoms with van der Waals surface area (Å²) in [6.07, 6.45) is 10.6. The highest BCUT2D eigenvalue weighted by atomic mass is 16.5. The number of hydrogen-bond acceptors (Lipinski definition) is 2. The molecule has 0 unspecified atom stereocenters. The molecule has 2 heterocycles. The van der Waals surface area contributed by atoms with E-state index in [2.05, 4.69) is 10.9 Å². The van der Waals surface area contributed by atoms with Crippen molar-refractivity contribution in [3.63, 3.8) is 0 Å². The molecule has 2 aromatic rings. The van der Waals surface area contributed by atoms with E-state index >= 15 is 0 Å². The van der Waals surface area contributed by atoms with Crippen molar-refractivity contribution in [1.82, 2.24) is 9.38 Å². The Balaban J connectivity index is 2.79. The topological polar surface area (TPSA) is 26.5 Å². The molecule has 0 saturated carbocycles. The molecule has 0 bridgehead atoms. The summed E-state index contributed by atoms with van der Waals surface area (Å²) in [5.41, 5.74) is 1.71. The molecule has 13 heavy (non-hydrogen) atoms. The van der Waals surface area contributed by atoms with Gasteiger partial charge < -0.3 is 9.14 Å². The maximum Gasteiger partial charge on any atom is 0.136 e. The van der Waals surface area contributed by atoms with Gasteiger partial charge in [-0.05, 0) is 6.07 Å². The maximum atomic E-state index is 5.35. The first-order valence-corrected chi connectivity index (χ1v) is 3.81. The molecule has 0 atom stereocenters. The first-order chi connectivity index (χ1) is 6.35. The zero-order chi connectivity index (χ0) is 9.26. The zero-order valence-electron chi connectivity index (χ0n) is 7.19. The van der Waals surface area contributed by atoms with E-state index in [-0.39, 0.29) is 0 Å². The van der Waals surface area contributed by atoms with Gasteiger partial charge in [0.25, 0.3) is 0 Å². The first-order valence-electron chi connectivity index (χ1n) is 3.81. The third kappa shape index (κ3) is 1.13. The lowest BCUT2D eigenvalue weighted by molar-refractivity contribution is 0.412. The molecule has 0 spiro atoms. The molecule has 2 aromatic heterocycles. The van der Waals surface area contributed by atoms with Crippen LogP contribution in [0.2, 0.25) is 0 Å². The molecule has 0 fully saturated rings. The molecular formula is C10H8N2O. The molecule has 0 aliphatic rings. The molecule has 0 aromatic carbocycles. The predicted molar refractivity (Wildman–Crippen MR) is 49.7 cm³/mol. The third-order valence-corrected chi connectivity index (χ3v) is 1.89. The van der Waals surface area contributed by atoms with Crippen LogP contribution in [-0.2, 0) is 0 Å². The molecular weight excluding hydrogens is 164 g/mol. The number of methoxy groups -OCH3 is 1. The van der Waals surface area contributed by atoms with Crippen molar-refractivity contribution in [2.45, 2.75) is 0 Å². The first kappa shape index (κ1) is 7.69. The van der Waals surface area contributed by atoms with Crippen LogP contribution in [0, 0.1) is 12.3 Å². The van der Waals surface area contributed by atoms with Gasteiger partial charge in [-0.15, -0.1) is 6.42 Å². The third-order valence-electron chi connectivity index (χ3n) is 1.89. The Morgan fingerprint density at radius 3 is 3.15 bits per heavy atom. The van der Waals surface area contributed by atoms with Gasteiger partial charge in [-0.1, -0.05) is 5.92 Å². The Kier molecular flexibility index (Phi) is 1.67. The zero-order valence-corrected chi connectivity index (χ0v) is 7.19. The molecule has 0 amide bonds. The fraction of sp³-hybridized carbons (Fsp3) is 0.100. The highest BCUT2D eigenvalue weighted by molar-refractivity contribution is 5.62. The Bertz CT molecular complexity index is 479. The molecule has 0 radical (unpaired) electrons. The Morgan fingerprint density at radius 2 is 2.46 bits per heavy atom. The van der Waals surface area contributed by atoms with Gasteiger partial charge >= 0.3 is 0 Å². The predicted octanol–water partition coefficient (Wildman–Crippen LogP) is 1.32. The summed E-state index contributed by atoms with van der Waals surface area (Å²) < 4.78 is 6.93. The van der Waals surface area contributed by atoms with E-state index < -0.39 is 0 Å². The second kappa shape index (κ2) is 2.83. The molecule has 0 N–H and O–H groups in total. The van der Waals surface area contributed by atoms with Crippen LogP contribution in [0.25, 0.3) is 5.52 Å². The standard InChI is InChI=1S/C10H8N2O/c1-3-8-4-9(13-2)6-12-7-11-5-10(8)12/h1,4-7H,2H3. The fourth-order valence-corrected chi connectivity index (χ4v) is 1.23.